The van der Waals surface area contributed by atoms with Gasteiger partial charge in [0.15, 0.2) is 5.60 Å². The van der Waals surface area contributed by atoms with Gasteiger partial charge >= 0.3 is 5.97 Å². The minimum absolute atomic E-state index is 0.286. The predicted octanol–water partition coefficient (Wildman–Crippen LogP) is 0.641. The molecule has 0 bridgehead atoms. The van der Waals surface area contributed by atoms with E-state index < -0.39 is 11.6 Å². The number of nitrogens with zero attached hydrogens (tertiary/aromatic N) is 1. The van der Waals surface area contributed by atoms with Gasteiger partial charge in [-0.25, -0.2) is 4.79 Å². The van der Waals surface area contributed by atoms with Gasteiger partial charge in [0.25, 0.3) is 0 Å². The van der Waals surface area contributed by atoms with Crippen LogP contribution in [0, 0.1) is 0 Å². The van der Waals surface area contributed by atoms with Crippen molar-refractivity contribution in [3.63, 3.8) is 0 Å². The maximum atomic E-state index is 11.2. The van der Waals surface area contributed by atoms with E-state index in [9.17, 15) is 9.90 Å². The second-order valence-corrected chi connectivity index (χ2v) is 3.94. The standard InChI is InChI=1S/C10H21NO3/c1-6-8(2)11(4)7-10(3,13)9(12)14-5/h8,13H,6-7H2,1-5H3. The maximum Gasteiger partial charge on any atom is 0.338 e. The molecular weight excluding hydrogens is 182 g/mol. The Morgan fingerprint density at radius 2 is 2.14 bits per heavy atom. The lowest BCUT2D eigenvalue weighted by Gasteiger charge is -2.30. The van der Waals surface area contributed by atoms with Gasteiger partial charge in [-0.05, 0) is 27.3 Å². The summed E-state index contributed by atoms with van der Waals surface area (Å²) >= 11 is 0. The Hall–Kier alpha value is -0.610. The molecule has 0 saturated heterocycles. The van der Waals surface area contributed by atoms with Gasteiger partial charge in [0.05, 0.1) is 7.11 Å². The van der Waals surface area contributed by atoms with Crippen LogP contribution in [-0.2, 0) is 9.53 Å². The zero-order valence-corrected chi connectivity index (χ0v) is 9.70. The van der Waals surface area contributed by atoms with Gasteiger partial charge in [-0.2, -0.15) is 0 Å². The molecule has 0 rings (SSSR count). The molecule has 84 valence electrons. The lowest BCUT2D eigenvalue weighted by Crippen LogP contribution is -2.48. The third-order valence-electron chi connectivity index (χ3n) is 2.53. The molecule has 0 radical (unpaired) electrons. The van der Waals surface area contributed by atoms with Gasteiger partial charge in [-0.15, -0.1) is 0 Å². The molecule has 0 saturated carbocycles. The number of esters is 1. The van der Waals surface area contributed by atoms with Gasteiger partial charge < -0.3 is 14.7 Å². The number of hydrogen-bond acceptors (Lipinski definition) is 4. The Kier molecular flexibility index (Phi) is 5.08. The van der Waals surface area contributed by atoms with Crippen LogP contribution in [0.15, 0.2) is 0 Å². The van der Waals surface area contributed by atoms with E-state index in [1.54, 1.807) is 0 Å². The maximum absolute atomic E-state index is 11.2. The van der Waals surface area contributed by atoms with E-state index in [0.29, 0.717) is 6.04 Å². The summed E-state index contributed by atoms with van der Waals surface area (Å²) in [5, 5.41) is 9.78. The van der Waals surface area contributed by atoms with E-state index in [2.05, 4.69) is 11.7 Å². The SMILES string of the molecule is CCC(C)N(C)CC(C)(O)C(=O)OC. The van der Waals surface area contributed by atoms with Crippen LogP contribution in [0.25, 0.3) is 0 Å². The number of ether oxygens (including phenoxy) is 1. The molecule has 0 fully saturated rings. The molecular formula is C10H21NO3. The molecule has 0 aliphatic heterocycles. The zero-order valence-electron chi connectivity index (χ0n) is 9.70. The topological polar surface area (TPSA) is 49.8 Å². The highest BCUT2D eigenvalue weighted by Crippen LogP contribution is 2.10. The molecule has 0 aromatic heterocycles. The molecule has 14 heavy (non-hydrogen) atoms. The molecule has 0 aliphatic rings. The van der Waals surface area contributed by atoms with E-state index >= 15 is 0 Å². The summed E-state index contributed by atoms with van der Waals surface area (Å²) in [6.07, 6.45) is 0.980. The Balaban J connectivity index is 4.28. The monoisotopic (exact) mass is 203 g/mol. The van der Waals surface area contributed by atoms with Crippen LogP contribution in [0.4, 0.5) is 0 Å². The molecule has 0 amide bonds. The first-order valence-electron chi connectivity index (χ1n) is 4.86. The Bertz CT molecular complexity index is 192. The van der Waals surface area contributed by atoms with Crippen LogP contribution in [0.5, 0.6) is 0 Å². The highest BCUT2D eigenvalue weighted by atomic mass is 16.5. The highest BCUT2D eigenvalue weighted by Gasteiger charge is 2.33. The van der Waals surface area contributed by atoms with E-state index in [1.165, 1.54) is 14.0 Å². The van der Waals surface area contributed by atoms with Gasteiger partial charge in [-0.3, -0.25) is 0 Å². The van der Waals surface area contributed by atoms with Crippen molar-refractivity contribution in [2.45, 2.75) is 38.8 Å². The Labute approximate surface area is 85.9 Å². The van der Waals surface area contributed by atoms with Crippen LogP contribution in [0.1, 0.15) is 27.2 Å². The Morgan fingerprint density at radius 3 is 2.50 bits per heavy atom. The van der Waals surface area contributed by atoms with Crippen molar-refractivity contribution >= 4 is 5.97 Å². The van der Waals surface area contributed by atoms with Crippen molar-refractivity contribution in [3.8, 4) is 0 Å². The molecule has 4 heteroatoms. The van der Waals surface area contributed by atoms with Crippen LogP contribution in [0.2, 0.25) is 0 Å². The van der Waals surface area contributed by atoms with Crippen LogP contribution in [0.3, 0.4) is 0 Å². The molecule has 1 N–H and O–H groups in total. The fourth-order valence-corrected chi connectivity index (χ4v) is 1.24. The third kappa shape index (κ3) is 3.64. The first-order valence-corrected chi connectivity index (χ1v) is 4.86. The molecule has 0 heterocycles. The van der Waals surface area contributed by atoms with Gasteiger partial charge in [0.1, 0.15) is 0 Å². The van der Waals surface area contributed by atoms with Crippen molar-refractivity contribution in [2.24, 2.45) is 0 Å². The molecule has 4 nitrogen and oxygen atoms in total. The third-order valence-corrected chi connectivity index (χ3v) is 2.53. The van der Waals surface area contributed by atoms with Crippen molar-refractivity contribution in [1.82, 2.24) is 4.90 Å². The van der Waals surface area contributed by atoms with Crippen molar-refractivity contribution < 1.29 is 14.6 Å². The van der Waals surface area contributed by atoms with Gasteiger partial charge in [0, 0.05) is 12.6 Å². The van der Waals surface area contributed by atoms with E-state index in [1.807, 2.05) is 18.9 Å². The number of carbonyl (C=O) groups excluding carboxylic acids is 1. The number of aliphatic hydroxyl groups is 1. The van der Waals surface area contributed by atoms with Gasteiger partial charge in [0.2, 0.25) is 0 Å². The second-order valence-electron chi connectivity index (χ2n) is 3.94. The molecule has 0 spiro atoms. The summed E-state index contributed by atoms with van der Waals surface area (Å²) in [4.78, 5) is 13.1. The summed E-state index contributed by atoms with van der Waals surface area (Å²) < 4.78 is 4.51. The second kappa shape index (κ2) is 5.32. The number of methoxy groups -OCH3 is 1. The molecule has 2 atom stereocenters. The summed E-state index contributed by atoms with van der Waals surface area (Å²) in [5.41, 5.74) is -1.42. The molecule has 0 aromatic carbocycles. The smallest absolute Gasteiger partial charge is 0.338 e. The van der Waals surface area contributed by atoms with Crippen LogP contribution >= 0.6 is 0 Å². The summed E-state index contributed by atoms with van der Waals surface area (Å²) in [7, 11) is 3.16. The number of rotatable bonds is 5. The minimum Gasteiger partial charge on any atom is -0.467 e. The number of likely N-dealkylation sites (N-methyl/N-ethyl adjacent to an activating group) is 1. The fourth-order valence-electron chi connectivity index (χ4n) is 1.24. The van der Waals surface area contributed by atoms with E-state index in [-0.39, 0.29) is 6.54 Å². The summed E-state index contributed by atoms with van der Waals surface area (Å²) in [5.74, 6) is -0.590. The van der Waals surface area contributed by atoms with Crippen LogP contribution in [-0.4, -0.2) is 48.3 Å². The summed E-state index contributed by atoms with van der Waals surface area (Å²) in [6, 6.07) is 0.339. The number of hydrogen-bond donors (Lipinski definition) is 1. The highest BCUT2D eigenvalue weighted by molar-refractivity contribution is 5.78. The molecule has 2 unspecified atom stereocenters. The van der Waals surface area contributed by atoms with Gasteiger partial charge in [-0.1, -0.05) is 6.92 Å². The van der Waals surface area contributed by atoms with E-state index in [4.69, 9.17) is 0 Å². The first-order chi connectivity index (χ1) is 6.35. The van der Waals surface area contributed by atoms with Crippen molar-refractivity contribution in [2.75, 3.05) is 20.7 Å². The normalized spacial score (nSPS) is 17.6. The Morgan fingerprint density at radius 1 is 1.64 bits per heavy atom. The van der Waals surface area contributed by atoms with E-state index in [0.717, 1.165) is 6.42 Å². The lowest BCUT2D eigenvalue weighted by molar-refractivity contribution is -0.162. The fraction of sp³-hybridized carbons (Fsp3) is 0.900. The summed E-state index contributed by atoms with van der Waals surface area (Å²) in [6.45, 7) is 5.87. The quantitative estimate of drug-likeness (QED) is 0.666. The van der Waals surface area contributed by atoms with Crippen molar-refractivity contribution in [1.29, 1.82) is 0 Å². The molecule has 0 aromatic rings. The average molecular weight is 203 g/mol. The van der Waals surface area contributed by atoms with Crippen molar-refractivity contribution in [3.05, 3.63) is 0 Å². The molecule has 0 aliphatic carbocycles. The number of carbonyl (C=O) groups is 1. The van der Waals surface area contributed by atoms with Crippen LogP contribution < -0.4 is 0 Å². The minimum atomic E-state index is -1.42. The lowest BCUT2D eigenvalue weighted by atomic mass is 10.1. The first kappa shape index (κ1) is 13.4. The average Bonchev–Trinajstić information content (AvgIpc) is 2.14. The zero-order chi connectivity index (χ0) is 11.4. The predicted molar refractivity (Wildman–Crippen MR) is 55.0 cm³/mol. The largest absolute Gasteiger partial charge is 0.467 e.